The molecule has 1 fully saturated rings. The highest BCUT2D eigenvalue weighted by Gasteiger charge is 2.29. The van der Waals surface area contributed by atoms with E-state index in [4.69, 9.17) is 10.6 Å². The first-order valence-corrected chi connectivity index (χ1v) is 6.11. The Bertz CT molecular complexity index is 396. The van der Waals surface area contributed by atoms with Crippen LogP contribution in [0.1, 0.15) is 12.5 Å². The Balaban J connectivity index is 1.98. The summed E-state index contributed by atoms with van der Waals surface area (Å²) in [6, 6.07) is 10.2. The fourth-order valence-electron chi connectivity index (χ4n) is 2.25. The lowest BCUT2D eigenvalue weighted by Gasteiger charge is -2.35. The Kier molecular flexibility index (Phi) is 4.30. The summed E-state index contributed by atoms with van der Waals surface area (Å²) >= 11 is 0. The number of hydrogen-bond acceptors (Lipinski definition) is 4. The minimum Gasteiger partial charge on any atom is -0.363 e. The first kappa shape index (κ1) is 13.0. The molecule has 2 unspecified atom stereocenters. The van der Waals surface area contributed by atoms with E-state index in [0.717, 1.165) is 13.1 Å². The summed E-state index contributed by atoms with van der Waals surface area (Å²) < 4.78 is 5.57. The van der Waals surface area contributed by atoms with Crippen LogP contribution in [0.5, 0.6) is 0 Å². The minimum atomic E-state index is -0.484. The summed E-state index contributed by atoms with van der Waals surface area (Å²) in [5.74, 6) is 4.88. The Morgan fingerprint density at radius 2 is 2.17 bits per heavy atom. The number of nitrogens with zero attached hydrogens (tertiary/aromatic N) is 1. The third-order valence-electron chi connectivity index (χ3n) is 3.02. The number of nitrogens with two attached hydrogens (primary N) is 1. The van der Waals surface area contributed by atoms with Crippen molar-refractivity contribution in [1.29, 1.82) is 0 Å². The van der Waals surface area contributed by atoms with Gasteiger partial charge in [-0.15, -0.1) is 0 Å². The molecular formula is C13H19N3O2. The molecule has 18 heavy (non-hydrogen) atoms. The van der Waals surface area contributed by atoms with Crippen molar-refractivity contribution in [2.75, 3.05) is 13.1 Å². The maximum absolute atomic E-state index is 11.5. The normalized spacial score (nSPS) is 24.8. The van der Waals surface area contributed by atoms with E-state index in [1.165, 1.54) is 5.56 Å². The van der Waals surface area contributed by atoms with Crippen molar-refractivity contribution in [1.82, 2.24) is 10.3 Å². The molecule has 0 radical (unpaired) electrons. The molecule has 0 aromatic heterocycles. The molecule has 1 heterocycles. The lowest BCUT2D eigenvalue weighted by atomic mass is 10.1. The summed E-state index contributed by atoms with van der Waals surface area (Å²) in [4.78, 5) is 13.7. The van der Waals surface area contributed by atoms with Gasteiger partial charge in [-0.25, -0.2) is 5.84 Å². The molecule has 98 valence electrons. The average molecular weight is 249 g/mol. The molecular weight excluding hydrogens is 230 g/mol. The molecule has 2 rings (SSSR count). The topological polar surface area (TPSA) is 67.6 Å². The summed E-state index contributed by atoms with van der Waals surface area (Å²) in [5, 5.41) is 0. The van der Waals surface area contributed by atoms with Gasteiger partial charge in [-0.05, 0) is 12.5 Å². The quantitative estimate of drug-likeness (QED) is 0.458. The molecule has 1 aliphatic rings. The van der Waals surface area contributed by atoms with Gasteiger partial charge in [0.05, 0.1) is 6.10 Å². The predicted molar refractivity (Wildman–Crippen MR) is 68.4 cm³/mol. The Morgan fingerprint density at radius 1 is 1.44 bits per heavy atom. The Labute approximate surface area is 107 Å². The van der Waals surface area contributed by atoms with E-state index < -0.39 is 6.10 Å². The number of ether oxygens (including phenoxy) is 1. The molecule has 2 atom stereocenters. The van der Waals surface area contributed by atoms with Crippen molar-refractivity contribution in [3.05, 3.63) is 35.9 Å². The highest BCUT2D eigenvalue weighted by molar-refractivity contribution is 5.80. The number of hydrazine groups is 1. The van der Waals surface area contributed by atoms with Gasteiger partial charge < -0.3 is 4.74 Å². The second-order valence-electron chi connectivity index (χ2n) is 4.62. The lowest BCUT2D eigenvalue weighted by Crippen LogP contribution is -2.53. The van der Waals surface area contributed by atoms with Crippen molar-refractivity contribution in [3.8, 4) is 0 Å². The van der Waals surface area contributed by atoms with E-state index in [9.17, 15) is 4.79 Å². The maximum atomic E-state index is 11.5. The van der Waals surface area contributed by atoms with Gasteiger partial charge in [-0.2, -0.15) is 0 Å². The van der Waals surface area contributed by atoms with Gasteiger partial charge >= 0.3 is 0 Å². The number of benzene rings is 1. The largest absolute Gasteiger partial charge is 0.363 e. The second-order valence-corrected chi connectivity index (χ2v) is 4.62. The predicted octanol–water partition coefficient (Wildman–Crippen LogP) is 0.266. The van der Waals surface area contributed by atoms with Crippen LogP contribution in [0, 0.1) is 0 Å². The molecule has 0 spiro atoms. The third kappa shape index (κ3) is 3.29. The molecule has 0 bridgehead atoms. The van der Waals surface area contributed by atoms with Crippen LogP contribution >= 0.6 is 0 Å². The van der Waals surface area contributed by atoms with Crippen LogP contribution < -0.4 is 11.3 Å². The Hall–Kier alpha value is -1.43. The first-order chi connectivity index (χ1) is 8.69. The fraction of sp³-hybridized carbons (Fsp3) is 0.462. The van der Waals surface area contributed by atoms with Crippen LogP contribution in [-0.4, -0.2) is 36.1 Å². The van der Waals surface area contributed by atoms with E-state index in [1.54, 1.807) is 0 Å². The molecule has 1 saturated heterocycles. The van der Waals surface area contributed by atoms with Crippen LogP contribution in [0.2, 0.25) is 0 Å². The van der Waals surface area contributed by atoms with Crippen molar-refractivity contribution < 1.29 is 9.53 Å². The highest BCUT2D eigenvalue weighted by Crippen LogP contribution is 2.14. The average Bonchev–Trinajstić information content (AvgIpc) is 2.38. The molecule has 1 aliphatic heterocycles. The van der Waals surface area contributed by atoms with Crippen LogP contribution in [0.3, 0.4) is 0 Å². The molecule has 1 amide bonds. The number of amides is 1. The summed E-state index contributed by atoms with van der Waals surface area (Å²) in [6.07, 6.45) is -0.452. The molecule has 3 N–H and O–H groups in total. The number of morpholine rings is 1. The summed E-state index contributed by atoms with van der Waals surface area (Å²) in [5.41, 5.74) is 3.38. The molecule has 1 aromatic rings. The van der Waals surface area contributed by atoms with Crippen LogP contribution in [0.4, 0.5) is 0 Å². The monoisotopic (exact) mass is 249 g/mol. The van der Waals surface area contributed by atoms with Gasteiger partial charge in [0.2, 0.25) is 0 Å². The van der Waals surface area contributed by atoms with E-state index >= 15 is 0 Å². The van der Waals surface area contributed by atoms with Crippen molar-refractivity contribution in [2.24, 2.45) is 5.84 Å². The molecule has 5 heteroatoms. The van der Waals surface area contributed by atoms with Gasteiger partial charge in [-0.3, -0.25) is 15.1 Å². The zero-order chi connectivity index (χ0) is 13.0. The van der Waals surface area contributed by atoms with E-state index in [1.807, 2.05) is 25.1 Å². The number of nitrogens with one attached hydrogen (secondary N) is 1. The first-order valence-electron chi connectivity index (χ1n) is 6.11. The number of rotatable bonds is 3. The summed E-state index contributed by atoms with van der Waals surface area (Å²) in [7, 11) is 0. The lowest BCUT2D eigenvalue weighted by molar-refractivity contribution is -0.146. The Morgan fingerprint density at radius 3 is 2.83 bits per heavy atom. The van der Waals surface area contributed by atoms with Gasteiger partial charge in [0.25, 0.3) is 5.91 Å². The van der Waals surface area contributed by atoms with E-state index in [-0.39, 0.29) is 12.0 Å². The molecule has 0 aliphatic carbocycles. The number of carbonyl (C=O) groups excluding carboxylic acids is 1. The molecule has 0 saturated carbocycles. The van der Waals surface area contributed by atoms with Crippen molar-refractivity contribution in [3.63, 3.8) is 0 Å². The van der Waals surface area contributed by atoms with E-state index in [0.29, 0.717) is 6.54 Å². The zero-order valence-corrected chi connectivity index (χ0v) is 10.5. The van der Waals surface area contributed by atoms with Crippen molar-refractivity contribution >= 4 is 5.91 Å². The standard InChI is InChI=1S/C13H19N3O2/c1-10-7-16(8-11-5-3-2-4-6-11)9-12(18-10)13(17)15-14/h2-6,10,12H,7-9,14H2,1H3,(H,15,17). The van der Waals surface area contributed by atoms with E-state index in [2.05, 4.69) is 22.5 Å². The van der Waals surface area contributed by atoms with Crippen LogP contribution in [-0.2, 0) is 16.1 Å². The minimum absolute atomic E-state index is 0.0322. The maximum Gasteiger partial charge on any atom is 0.264 e. The smallest absolute Gasteiger partial charge is 0.264 e. The van der Waals surface area contributed by atoms with Gasteiger partial charge in [0.15, 0.2) is 6.10 Å². The molecule has 1 aromatic carbocycles. The second kappa shape index (κ2) is 5.95. The van der Waals surface area contributed by atoms with Crippen molar-refractivity contribution in [2.45, 2.75) is 25.7 Å². The van der Waals surface area contributed by atoms with Gasteiger partial charge in [0.1, 0.15) is 0 Å². The highest BCUT2D eigenvalue weighted by atomic mass is 16.5. The SMILES string of the molecule is CC1CN(Cc2ccccc2)CC(C(=O)NN)O1. The zero-order valence-electron chi connectivity index (χ0n) is 10.5. The van der Waals surface area contributed by atoms with Gasteiger partial charge in [0, 0.05) is 19.6 Å². The van der Waals surface area contributed by atoms with Crippen LogP contribution in [0.25, 0.3) is 0 Å². The third-order valence-corrected chi connectivity index (χ3v) is 3.02. The van der Waals surface area contributed by atoms with Crippen LogP contribution in [0.15, 0.2) is 30.3 Å². The molecule has 5 nitrogen and oxygen atoms in total. The van der Waals surface area contributed by atoms with Gasteiger partial charge in [-0.1, -0.05) is 30.3 Å². The number of carbonyl (C=O) groups is 1. The fourth-order valence-corrected chi connectivity index (χ4v) is 2.25. The summed E-state index contributed by atoms with van der Waals surface area (Å²) in [6.45, 7) is 4.18. The number of hydrogen-bond donors (Lipinski definition) is 2.